The summed E-state index contributed by atoms with van der Waals surface area (Å²) in [5, 5.41) is 4.91. The topological polar surface area (TPSA) is 0 Å². The molecule has 0 saturated carbocycles. The lowest BCUT2D eigenvalue weighted by Crippen LogP contribution is -1.93. The second-order valence-electron chi connectivity index (χ2n) is 13.0. The molecule has 9 aromatic rings. The van der Waals surface area contributed by atoms with Gasteiger partial charge in [0.2, 0.25) is 0 Å². The highest BCUT2D eigenvalue weighted by molar-refractivity contribution is 9.10. The van der Waals surface area contributed by atoms with Crippen molar-refractivity contribution in [2.75, 3.05) is 0 Å². The highest BCUT2D eigenvalue weighted by Gasteiger charge is 2.20. The van der Waals surface area contributed by atoms with Crippen LogP contribution < -0.4 is 0 Å². The van der Waals surface area contributed by atoms with Gasteiger partial charge in [-0.25, -0.2) is 0 Å². The van der Waals surface area contributed by atoms with Gasteiger partial charge >= 0.3 is 0 Å². The molecule has 1 heteroatoms. The van der Waals surface area contributed by atoms with Crippen LogP contribution in [0, 0.1) is 0 Å². The molecule has 0 amide bonds. The highest BCUT2D eigenvalue weighted by atomic mass is 79.9. The van der Waals surface area contributed by atoms with Crippen molar-refractivity contribution in [2.24, 2.45) is 0 Å². The molecule has 0 radical (unpaired) electrons. The van der Waals surface area contributed by atoms with Gasteiger partial charge in [0.05, 0.1) is 0 Å². The molecule has 51 heavy (non-hydrogen) atoms. The Bertz CT molecular complexity index is 2550. The predicted octanol–water partition coefficient (Wildman–Crippen LogP) is 14.8. The van der Waals surface area contributed by atoms with Crippen molar-refractivity contribution in [1.29, 1.82) is 0 Å². The zero-order valence-corrected chi connectivity index (χ0v) is 29.5. The fraction of sp³-hybridized carbons (Fsp3) is 0. The van der Waals surface area contributed by atoms with E-state index in [-0.39, 0.29) is 0 Å². The van der Waals surface area contributed by atoms with Gasteiger partial charge < -0.3 is 0 Å². The molecule has 0 unspecified atom stereocenters. The van der Waals surface area contributed by atoms with Crippen LogP contribution in [0.4, 0.5) is 0 Å². The van der Waals surface area contributed by atoms with Crippen molar-refractivity contribution in [1.82, 2.24) is 0 Å². The molecule has 0 aromatic heterocycles. The maximum absolute atomic E-state index is 3.87. The molecule has 9 aromatic carbocycles. The lowest BCUT2D eigenvalue weighted by atomic mass is 9.83. The average molecular weight is 714 g/mol. The molecule has 0 aliphatic carbocycles. The Kier molecular flexibility index (Phi) is 8.12. The summed E-state index contributed by atoms with van der Waals surface area (Å²) in [5.74, 6) is 0. The van der Waals surface area contributed by atoms with Crippen LogP contribution in [-0.2, 0) is 0 Å². The summed E-state index contributed by atoms with van der Waals surface area (Å²) in [6, 6.07) is 72.7. The Morgan fingerprint density at radius 1 is 0.216 bits per heavy atom. The Balaban J connectivity index is 1.37. The summed E-state index contributed by atoms with van der Waals surface area (Å²) in [4.78, 5) is 0. The van der Waals surface area contributed by atoms with Gasteiger partial charge in [0, 0.05) is 4.47 Å². The van der Waals surface area contributed by atoms with E-state index in [4.69, 9.17) is 0 Å². The summed E-state index contributed by atoms with van der Waals surface area (Å²) in [5.41, 5.74) is 14.5. The summed E-state index contributed by atoms with van der Waals surface area (Å²) in [7, 11) is 0. The van der Waals surface area contributed by atoms with Gasteiger partial charge in [-0.3, -0.25) is 0 Å². The molecular weight excluding hydrogens is 680 g/mol. The van der Waals surface area contributed by atoms with Crippen molar-refractivity contribution < 1.29 is 0 Å². The molecule has 0 fully saturated rings. The van der Waals surface area contributed by atoms with Crippen LogP contribution in [-0.4, -0.2) is 0 Å². The summed E-state index contributed by atoms with van der Waals surface area (Å²) < 4.78 is 1.06. The van der Waals surface area contributed by atoms with Crippen molar-refractivity contribution in [3.63, 3.8) is 0 Å². The van der Waals surface area contributed by atoms with Crippen LogP contribution in [0.1, 0.15) is 0 Å². The zero-order chi connectivity index (χ0) is 34.1. The van der Waals surface area contributed by atoms with E-state index in [0.717, 1.165) is 4.47 Å². The first kappa shape index (κ1) is 31.0. The van der Waals surface area contributed by atoms with Crippen LogP contribution in [0.25, 0.3) is 88.3 Å². The Hall–Kier alpha value is -6.02. The molecule has 9 rings (SSSR count). The molecule has 0 saturated heterocycles. The van der Waals surface area contributed by atoms with Gasteiger partial charge in [-0.15, -0.1) is 0 Å². The van der Waals surface area contributed by atoms with E-state index >= 15 is 0 Å². The normalized spacial score (nSPS) is 11.2. The lowest BCUT2D eigenvalue weighted by Gasteiger charge is -2.20. The number of hydrogen-bond acceptors (Lipinski definition) is 0. The average Bonchev–Trinajstić information content (AvgIpc) is 3.21. The molecule has 0 nitrogen and oxygen atoms in total. The molecule has 0 heterocycles. The molecule has 240 valence electrons. The van der Waals surface area contributed by atoms with Gasteiger partial charge in [-0.05, 0) is 137 Å². The standard InChI is InChI=1S/C50H33Br/c51-44-25-26-47-48(33-44)50(43-31-40(36-19-9-3-10-20-36)28-41(32-43)37-21-11-4-12-22-37)46-24-14-13-23-45(46)49(47)42-29-38(34-15-5-1-6-16-34)27-39(30-42)35-17-7-2-8-18-35/h1-33H. The van der Waals surface area contributed by atoms with E-state index in [9.17, 15) is 0 Å². The maximum Gasteiger partial charge on any atom is 0.0181 e. The SMILES string of the molecule is Brc1ccc2c(-c3cc(-c4ccccc4)cc(-c4ccccc4)c3)c3ccccc3c(-c3cc(-c4ccccc4)cc(-c4ccccc4)c3)c2c1. The van der Waals surface area contributed by atoms with E-state index in [1.165, 1.54) is 88.3 Å². The van der Waals surface area contributed by atoms with Crippen LogP contribution in [0.15, 0.2) is 205 Å². The first-order chi connectivity index (χ1) is 25.2. The molecule has 0 aliphatic rings. The van der Waals surface area contributed by atoms with Crippen molar-refractivity contribution in [3.05, 3.63) is 205 Å². The minimum Gasteiger partial charge on any atom is -0.0622 e. The number of benzene rings is 9. The Morgan fingerprint density at radius 2 is 0.510 bits per heavy atom. The van der Waals surface area contributed by atoms with E-state index in [2.05, 4.69) is 216 Å². The smallest absolute Gasteiger partial charge is 0.0181 e. The molecule has 0 aliphatic heterocycles. The second kappa shape index (κ2) is 13.4. The third-order valence-corrected chi connectivity index (χ3v) is 10.4. The van der Waals surface area contributed by atoms with Gasteiger partial charge in [0.1, 0.15) is 0 Å². The first-order valence-corrected chi connectivity index (χ1v) is 18.2. The third-order valence-electron chi connectivity index (χ3n) is 9.86. The monoisotopic (exact) mass is 712 g/mol. The summed E-state index contributed by atoms with van der Waals surface area (Å²) >= 11 is 3.87. The van der Waals surface area contributed by atoms with E-state index in [1.807, 2.05) is 0 Å². The van der Waals surface area contributed by atoms with Crippen molar-refractivity contribution >= 4 is 37.5 Å². The molecule has 0 bridgehead atoms. The van der Waals surface area contributed by atoms with Crippen LogP contribution >= 0.6 is 15.9 Å². The second-order valence-corrected chi connectivity index (χ2v) is 14.0. The van der Waals surface area contributed by atoms with Crippen molar-refractivity contribution in [3.8, 4) is 66.8 Å². The fourth-order valence-electron chi connectivity index (χ4n) is 7.51. The van der Waals surface area contributed by atoms with Gasteiger partial charge in [-0.2, -0.15) is 0 Å². The van der Waals surface area contributed by atoms with E-state index in [1.54, 1.807) is 0 Å². The Morgan fingerprint density at radius 3 is 0.882 bits per heavy atom. The van der Waals surface area contributed by atoms with Gasteiger partial charge in [-0.1, -0.05) is 168 Å². The minimum absolute atomic E-state index is 1.06. The minimum atomic E-state index is 1.06. The molecular formula is C50H33Br. The summed E-state index contributed by atoms with van der Waals surface area (Å²) in [6.45, 7) is 0. The third kappa shape index (κ3) is 5.97. The van der Waals surface area contributed by atoms with E-state index < -0.39 is 0 Å². The number of fused-ring (bicyclic) bond motifs is 2. The first-order valence-electron chi connectivity index (χ1n) is 17.4. The zero-order valence-electron chi connectivity index (χ0n) is 27.9. The van der Waals surface area contributed by atoms with Crippen LogP contribution in [0.3, 0.4) is 0 Å². The van der Waals surface area contributed by atoms with E-state index in [0.29, 0.717) is 0 Å². The largest absolute Gasteiger partial charge is 0.0622 e. The quantitative estimate of drug-likeness (QED) is 0.151. The summed E-state index contributed by atoms with van der Waals surface area (Å²) in [6.07, 6.45) is 0. The van der Waals surface area contributed by atoms with Gasteiger partial charge in [0.25, 0.3) is 0 Å². The molecule has 0 N–H and O–H groups in total. The Labute approximate surface area is 307 Å². The maximum atomic E-state index is 3.87. The number of hydrogen-bond donors (Lipinski definition) is 0. The highest BCUT2D eigenvalue weighted by Crippen LogP contribution is 2.47. The van der Waals surface area contributed by atoms with Crippen molar-refractivity contribution in [2.45, 2.75) is 0 Å². The lowest BCUT2D eigenvalue weighted by molar-refractivity contribution is 1.57. The molecule has 0 atom stereocenters. The molecule has 0 spiro atoms. The predicted molar refractivity (Wildman–Crippen MR) is 222 cm³/mol. The number of rotatable bonds is 6. The number of halogens is 1. The van der Waals surface area contributed by atoms with Crippen LogP contribution in [0.2, 0.25) is 0 Å². The fourth-order valence-corrected chi connectivity index (χ4v) is 7.87. The van der Waals surface area contributed by atoms with Gasteiger partial charge in [0.15, 0.2) is 0 Å². The van der Waals surface area contributed by atoms with Crippen LogP contribution in [0.5, 0.6) is 0 Å².